The van der Waals surface area contributed by atoms with Crippen LogP contribution in [0.1, 0.15) is 27.7 Å². The van der Waals surface area contributed by atoms with Crippen LogP contribution >= 0.6 is 11.6 Å². The Morgan fingerprint density at radius 3 is 2.32 bits per heavy atom. The Balaban J connectivity index is 2.19. The van der Waals surface area contributed by atoms with Crippen molar-refractivity contribution in [3.8, 4) is 0 Å². The predicted molar refractivity (Wildman–Crippen MR) is 122 cm³/mol. The van der Waals surface area contributed by atoms with E-state index in [0.717, 1.165) is 27.8 Å². The van der Waals surface area contributed by atoms with Gasteiger partial charge in [0.05, 0.1) is 0 Å². The summed E-state index contributed by atoms with van der Waals surface area (Å²) in [5, 5.41) is 9.24. The Morgan fingerprint density at radius 2 is 1.61 bits per heavy atom. The van der Waals surface area contributed by atoms with Gasteiger partial charge in [-0.25, -0.2) is 0 Å². The minimum atomic E-state index is 0.00912. The van der Waals surface area contributed by atoms with Crippen LogP contribution in [-0.4, -0.2) is 31.6 Å². The van der Waals surface area contributed by atoms with Gasteiger partial charge in [-0.05, 0) is 0 Å². The Kier molecular flexibility index (Phi) is 5.09. The SMILES string of the molecule is CC(C)Nc1cc2[se]c3ccc(Cl)cc3nc2c2c(NC(C)C)ccc(=O)c12. The van der Waals surface area contributed by atoms with Gasteiger partial charge in [-0.3, -0.25) is 0 Å². The fourth-order valence-corrected chi connectivity index (χ4v) is 5.71. The molecule has 0 spiro atoms. The van der Waals surface area contributed by atoms with Gasteiger partial charge < -0.3 is 0 Å². The van der Waals surface area contributed by atoms with Crippen LogP contribution in [0.4, 0.5) is 11.4 Å². The van der Waals surface area contributed by atoms with Crippen molar-refractivity contribution in [1.29, 1.82) is 0 Å². The van der Waals surface area contributed by atoms with Crippen molar-refractivity contribution in [1.82, 2.24) is 4.98 Å². The summed E-state index contributed by atoms with van der Waals surface area (Å²) in [5.41, 5.74) is 3.63. The molecule has 28 heavy (non-hydrogen) atoms. The van der Waals surface area contributed by atoms with Gasteiger partial charge in [0.1, 0.15) is 0 Å². The van der Waals surface area contributed by atoms with Gasteiger partial charge in [-0.15, -0.1) is 0 Å². The van der Waals surface area contributed by atoms with Crippen molar-refractivity contribution < 1.29 is 0 Å². The second-order valence-electron chi connectivity index (χ2n) is 7.56. The third-order valence-electron chi connectivity index (χ3n) is 4.44. The summed E-state index contributed by atoms with van der Waals surface area (Å²) in [6.07, 6.45) is 0. The number of benzene rings is 3. The van der Waals surface area contributed by atoms with Crippen LogP contribution in [0.15, 0.2) is 41.2 Å². The number of nitrogens with zero attached hydrogens (tertiary/aromatic N) is 1. The first-order chi connectivity index (χ1) is 13.3. The first-order valence-electron chi connectivity index (χ1n) is 9.36. The van der Waals surface area contributed by atoms with Crippen molar-refractivity contribution in [3.05, 3.63) is 51.6 Å². The topological polar surface area (TPSA) is 54.0 Å². The molecule has 1 heterocycles. The number of nitrogens with one attached hydrogen (secondary N) is 2. The van der Waals surface area contributed by atoms with E-state index in [0.29, 0.717) is 10.4 Å². The number of hydrogen-bond donors (Lipinski definition) is 2. The number of anilines is 2. The summed E-state index contributed by atoms with van der Waals surface area (Å²) in [7, 11) is 0. The van der Waals surface area contributed by atoms with E-state index in [1.54, 1.807) is 6.07 Å². The zero-order chi connectivity index (χ0) is 20.0. The molecule has 3 aromatic carbocycles. The standard InChI is InChI=1S/C22H22ClN3OSe/c1-11(2)24-14-6-7-17(27)20-16(25-12(3)4)10-19-22(21(14)20)26-15-9-13(23)5-8-18(15)28-19/h5-12,24-25H,1-4H3. The molecule has 0 aliphatic rings. The van der Waals surface area contributed by atoms with Gasteiger partial charge >= 0.3 is 175 Å². The van der Waals surface area contributed by atoms with E-state index < -0.39 is 0 Å². The first kappa shape index (κ1) is 19.3. The zero-order valence-electron chi connectivity index (χ0n) is 16.3. The van der Waals surface area contributed by atoms with Gasteiger partial charge in [-0.2, -0.15) is 0 Å². The molecule has 0 unspecified atom stereocenters. The van der Waals surface area contributed by atoms with Crippen molar-refractivity contribution in [2.75, 3.05) is 10.6 Å². The molecule has 4 nitrogen and oxygen atoms in total. The van der Waals surface area contributed by atoms with E-state index in [4.69, 9.17) is 16.6 Å². The van der Waals surface area contributed by atoms with E-state index in [1.165, 1.54) is 8.52 Å². The summed E-state index contributed by atoms with van der Waals surface area (Å²) in [6.45, 7) is 8.35. The Hall–Kier alpha value is -2.07. The Labute approximate surface area is 174 Å². The third kappa shape index (κ3) is 3.50. The molecule has 4 rings (SSSR count). The average molecular weight is 459 g/mol. The van der Waals surface area contributed by atoms with E-state index >= 15 is 0 Å². The molecule has 0 aliphatic heterocycles. The molecule has 2 N–H and O–H groups in total. The Morgan fingerprint density at radius 1 is 0.893 bits per heavy atom. The summed E-state index contributed by atoms with van der Waals surface area (Å²) in [4.78, 5) is 17.8. The molecule has 0 aliphatic carbocycles. The maximum atomic E-state index is 12.9. The summed E-state index contributed by atoms with van der Waals surface area (Å²) >= 11 is 6.29. The fourth-order valence-electron chi connectivity index (χ4n) is 3.44. The van der Waals surface area contributed by atoms with E-state index in [1.807, 2.05) is 18.2 Å². The van der Waals surface area contributed by atoms with Gasteiger partial charge in [0.25, 0.3) is 0 Å². The summed E-state index contributed by atoms with van der Waals surface area (Å²) < 4.78 is 2.38. The molecular weight excluding hydrogens is 437 g/mol. The van der Waals surface area contributed by atoms with Gasteiger partial charge in [-0.1, -0.05) is 0 Å². The number of rotatable bonds is 4. The van der Waals surface area contributed by atoms with Gasteiger partial charge in [0, 0.05) is 0 Å². The molecule has 144 valence electrons. The maximum absolute atomic E-state index is 12.9. The molecule has 6 heteroatoms. The normalized spacial score (nSPS) is 11.8. The van der Waals surface area contributed by atoms with Crippen molar-refractivity contribution >= 4 is 67.8 Å². The minimum absolute atomic E-state index is 0.00912. The molecule has 1 aromatic heterocycles. The molecule has 0 amide bonds. The van der Waals surface area contributed by atoms with Gasteiger partial charge in [0.2, 0.25) is 0 Å². The molecule has 0 bridgehead atoms. The molecule has 0 saturated carbocycles. The number of aromatic nitrogens is 1. The van der Waals surface area contributed by atoms with E-state index in [9.17, 15) is 4.79 Å². The van der Waals surface area contributed by atoms with Crippen LogP contribution in [-0.2, 0) is 0 Å². The molecule has 0 radical (unpaired) electrons. The quantitative estimate of drug-likeness (QED) is 0.249. The first-order valence-corrected chi connectivity index (χ1v) is 11.5. The molecule has 0 saturated heterocycles. The third-order valence-corrected chi connectivity index (χ3v) is 6.98. The molecule has 0 fully saturated rings. The summed E-state index contributed by atoms with van der Waals surface area (Å²) in [6, 6.07) is 12.0. The fraction of sp³-hybridized carbons (Fsp3) is 0.273. The molecule has 0 atom stereocenters. The number of fused-ring (bicyclic) bond motifs is 4. The summed E-state index contributed by atoms with van der Waals surface area (Å²) in [5.74, 6) is 0. The second-order valence-corrected chi connectivity index (χ2v) is 10.3. The van der Waals surface area contributed by atoms with Crippen LogP contribution in [0, 0.1) is 0 Å². The van der Waals surface area contributed by atoms with Crippen LogP contribution in [0.5, 0.6) is 0 Å². The van der Waals surface area contributed by atoms with Crippen molar-refractivity contribution in [3.63, 3.8) is 0 Å². The van der Waals surface area contributed by atoms with Crippen LogP contribution < -0.4 is 16.1 Å². The van der Waals surface area contributed by atoms with Crippen LogP contribution in [0.3, 0.4) is 0 Å². The van der Waals surface area contributed by atoms with Gasteiger partial charge in [0.15, 0.2) is 0 Å². The monoisotopic (exact) mass is 459 g/mol. The predicted octanol–water partition coefficient (Wildman–Crippen LogP) is 5.25. The zero-order valence-corrected chi connectivity index (χ0v) is 18.7. The Bertz CT molecular complexity index is 1260. The number of hydrogen-bond acceptors (Lipinski definition) is 4. The van der Waals surface area contributed by atoms with E-state index in [-0.39, 0.29) is 32.0 Å². The number of halogens is 1. The van der Waals surface area contributed by atoms with Crippen LogP contribution in [0.2, 0.25) is 5.02 Å². The molecular formula is C22H22ClN3OSe. The van der Waals surface area contributed by atoms with Crippen molar-refractivity contribution in [2.45, 2.75) is 39.8 Å². The second kappa shape index (κ2) is 7.40. The molecule has 4 aromatic rings. The van der Waals surface area contributed by atoms with Crippen molar-refractivity contribution in [2.24, 2.45) is 0 Å². The van der Waals surface area contributed by atoms with Crippen LogP contribution in [0.25, 0.3) is 30.3 Å². The average Bonchev–Trinajstić information content (AvgIpc) is 2.61. The van der Waals surface area contributed by atoms with E-state index in [2.05, 4.69) is 50.5 Å².